The first-order valence-corrected chi connectivity index (χ1v) is 7.95. The number of carbonyl (C=O) groups is 1. The molecular formula is C17H16N4O4. The maximum Gasteiger partial charge on any atom is 0.258 e. The summed E-state index contributed by atoms with van der Waals surface area (Å²) in [5, 5.41) is 12.4. The molecule has 0 aliphatic carbocycles. The van der Waals surface area contributed by atoms with Gasteiger partial charge in [0.25, 0.3) is 5.91 Å². The Labute approximate surface area is 143 Å². The summed E-state index contributed by atoms with van der Waals surface area (Å²) in [7, 11) is 0. The molecule has 0 N–H and O–H groups in total. The lowest BCUT2D eigenvalue weighted by Crippen LogP contribution is -2.38. The van der Waals surface area contributed by atoms with Gasteiger partial charge in [0, 0.05) is 31.3 Å². The third-order valence-electron chi connectivity index (χ3n) is 4.86. The van der Waals surface area contributed by atoms with Crippen LogP contribution < -0.4 is 4.74 Å². The number of rotatable bonds is 4. The number of amides is 1. The van der Waals surface area contributed by atoms with Crippen molar-refractivity contribution in [3.8, 4) is 11.9 Å². The Kier molecular flexibility index (Phi) is 3.86. The third kappa shape index (κ3) is 2.83. The van der Waals surface area contributed by atoms with Crippen LogP contribution in [0, 0.1) is 22.7 Å². The first-order chi connectivity index (χ1) is 12.2. The van der Waals surface area contributed by atoms with Crippen molar-refractivity contribution in [1.82, 2.24) is 15.0 Å². The average Bonchev–Trinajstić information content (AvgIpc) is 3.35. The Morgan fingerprint density at radius 2 is 2.40 bits per heavy atom. The molecule has 2 aliphatic rings. The molecular weight excluding hydrogens is 324 g/mol. The van der Waals surface area contributed by atoms with Crippen molar-refractivity contribution in [3.63, 3.8) is 0 Å². The molecule has 25 heavy (non-hydrogen) atoms. The van der Waals surface area contributed by atoms with Crippen molar-refractivity contribution in [1.29, 1.82) is 5.26 Å². The van der Waals surface area contributed by atoms with Gasteiger partial charge in [0.15, 0.2) is 0 Å². The van der Waals surface area contributed by atoms with E-state index in [4.69, 9.17) is 19.3 Å². The van der Waals surface area contributed by atoms with Crippen LogP contribution in [-0.4, -0.2) is 53.9 Å². The third-order valence-corrected chi connectivity index (χ3v) is 4.86. The predicted molar refractivity (Wildman–Crippen MR) is 83.6 cm³/mol. The van der Waals surface area contributed by atoms with Gasteiger partial charge in [0.2, 0.25) is 5.88 Å². The molecule has 0 bridgehead atoms. The number of pyridine rings is 1. The topological polar surface area (TPSA) is 101 Å². The summed E-state index contributed by atoms with van der Waals surface area (Å²) in [5.74, 6) is 0.587. The average molecular weight is 340 g/mol. The molecule has 2 fully saturated rings. The van der Waals surface area contributed by atoms with E-state index in [1.807, 2.05) is 6.07 Å². The first kappa shape index (κ1) is 15.6. The molecule has 2 aromatic heterocycles. The zero-order valence-electron chi connectivity index (χ0n) is 13.4. The van der Waals surface area contributed by atoms with E-state index in [1.165, 1.54) is 18.7 Å². The minimum Gasteiger partial charge on any atom is -0.477 e. The van der Waals surface area contributed by atoms with E-state index in [0.717, 1.165) is 0 Å². The maximum absolute atomic E-state index is 12.5. The normalized spacial score (nSPS) is 24.8. The molecule has 4 rings (SSSR count). The van der Waals surface area contributed by atoms with Crippen LogP contribution in [0.3, 0.4) is 0 Å². The van der Waals surface area contributed by atoms with Crippen LogP contribution >= 0.6 is 0 Å². The number of fused-ring (bicyclic) bond motifs is 1. The van der Waals surface area contributed by atoms with E-state index in [0.29, 0.717) is 49.9 Å². The zero-order chi connectivity index (χ0) is 17.3. The van der Waals surface area contributed by atoms with Gasteiger partial charge in [0.05, 0.1) is 42.6 Å². The van der Waals surface area contributed by atoms with Crippen LogP contribution in [0.1, 0.15) is 15.9 Å². The molecule has 0 aromatic carbocycles. The summed E-state index contributed by atoms with van der Waals surface area (Å²) >= 11 is 0. The van der Waals surface area contributed by atoms with Crippen molar-refractivity contribution in [3.05, 3.63) is 41.9 Å². The molecule has 0 saturated carbocycles. The van der Waals surface area contributed by atoms with Gasteiger partial charge in [-0.2, -0.15) is 5.26 Å². The van der Waals surface area contributed by atoms with Gasteiger partial charge in [-0.25, -0.2) is 4.98 Å². The number of carbonyl (C=O) groups excluding carboxylic acids is 1. The van der Waals surface area contributed by atoms with Gasteiger partial charge in [-0.15, -0.1) is 0 Å². The second-order valence-electron chi connectivity index (χ2n) is 6.46. The lowest BCUT2D eigenvalue weighted by Gasteiger charge is -2.26. The maximum atomic E-state index is 12.5. The highest BCUT2D eigenvalue weighted by Gasteiger charge is 2.52. The van der Waals surface area contributed by atoms with E-state index in [9.17, 15) is 4.79 Å². The van der Waals surface area contributed by atoms with Gasteiger partial charge < -0.3 is 18.9 Å². The van der Waals surface area contributed by atoms with Gasteiger partial charge in [-0.1, -0.05) is 5.16 Å². The van der Waals surface area contributed by atoms with Gasteiger partial charge in [0.1, 0.15) is 12.3 Å². The Hall–Kier alpha value is -2.92. The van der Waals surface area contributed by atoms with Crippen molar-refractivity contribution < 1.29 is 18.8 Å². The summed E-state index contributed by atoms with van der Waals surface area (Å²) in [4.78, 5) is 18.5. The van der Waals surface area contributed by atoms with Crippen LogP contribution in [0.25, 0.3) is 0 Å². The standard InChI is InChI=1S/C17H16N4O4/c18-3-12-1-2-15(19-4-12)24-11-17-9-21(6-14(17)8-23-10-17)16(22)13-5-20-25-7-13/h1-2,4-5,7,14H,6,8-11H2/t14-,17+/m0/s1. The Balaban J connectivity index is 1.45. The number of hydrogen-bond donors (Lipinski definition) is 0. The SMILES string of the molecule is N#Cc1ccc(OC[C@@]23COC[C@@H]2CN(C(=O)c2cnoc2)C3)nc1. The van der Waals surface area contributed by atoms with Crippen LogP contribution in [-0.2, 0) is 4.74 Å². The smallest absolute Gasteiger partial charge is 0.258 e. The van der Waals surface area contributed by atoms with Gasteiger partial charge >= 0.3 is 0 Å². The van der Waals surface area contributed by atoms with E-state index in [-0.39, 0.29) is 17.2 Å². The number of aromatic nitrogens is 2. The number of ether oxygens (including phenoxy) is 2. The number of likely N-dealkylation sites (tertiary alicyclic amines) is 1. The molecule has 0 unspecified atom stereocenters. The molecule has 8 nitrogen and oxygen atoms in total. The number of nitriles is 1. The van der Waals surface area contributed by atoms with E-state index in [2.05, 4.69) is 10.1 Å². The second-order valence-corrected chi connectivity index (χ2v) is 6.46. The summed E-state index contributed by atoms with van der Waals surface area (Å²) in [5.41, 5.74) is 0.687. The molecule has 2 saturated heterocycles. The highest BCUT2D eigenvalue weighted by Crippen LogP contribution is 2.42. The highest BCUT2D eigenvalue weighted by atomic mass is 16.5. The largest absolute Gasteiger partial charge is 0.477 e. The molecule has 8 heteroatoms. The van der Waals surface area contributed by atoms with Crippen LogP contribution in [0.4, 0.5) is 0 Å². The first-order valence-electron chi connectivity index (χ1n) is 7.95. The lowest BCUT2D eigenvalue weighted by molar-refractivity contribution is 0.0655. The van der Waals surface area contributed by atoms with Crippen LogP contribution in [0.15, 0.2) is 35.3 Å². The van der Waals surface area contributed by atoms with Gasteiger partial charge in [-0.3, -0.25) is 4.79 Å². The summed E-state index contributed by atoms with van der Waals surface area (Å²) in [6, 6.07) is 5.37. The van der Waals surface area contributed by atoms with Crippen molar-refractivity contribution in [2.75, 3.05) is 32.9 Å². The zero-order valence-corrected chi connectivity index (χ0v) is 13.4. The molecule has 0 spiro atoms. The monoisotopic (exact) mass is 340 g/mol. The van der Waals surface area contributed by atoms with E-state index in [1.54, 1.807) is 17.0 Å². The summed E-state index contributed by atoms with van der Waals surface area (Å²) in [6.45, 7) is 2.73. The van der Waals surface area contributed by atoms with Crippen LogP contribution in [0.2, 0.25) is 0 Å². The van der Waals surface area contributed by atoms with Gasteiger partial charge in [-0.05, 0) is 6.07 Å². The fraction of sp³-hybridized carbons (Fsp3) is 0.412. The van der Waals surface area contributed by atoms with E-state index >= 15 is 0 Å². The fourth-order valence-electron chi connectivity index (χ4n) is 3.43. The Bertz CT molecular complexity index is 799. The van der Waals surface area contributed by atoms with E-state index < -0.39 is 0 Å². The summed E-state index contributed by atoms with van der Waals surface area (Å²) < 4.78 is 16.3. The number of nitrogens with zero attached hydrogens (tertiary/aromatic N) is 4. The van der Waals surface area contributed by atoms with Crippen molar-refractivity contribution in [2.24, 2.45) is 11.3 Å². The Morgan fingerprint density at radius 1 is 1.48 bits per heavy atom. The van der Waals surface area contributed by atoms with Crippen molar-refractivity contribution >= 4 is 5.91 Å². The van der Waals surface area contributed by atoms with Crippen molar-refractivity contribution in [2.45, 2.75) is 0 Å². The molecule has 4 heterocycles. The number of hydrogen-bond acceptors (Lipinski definition) is 7. The second kappa shape index (κ2) is 6.18. The molecule has 2 aromatic rings. The molecule has 2 atom stereocenters. The lowest BCUT2D eigenvalue weighted by atomic mass is 9.82. The quantitative estimate of drug-likeness (QED) is 0.821. The predicted octanol–water partition coefficient (Wildman–Crippen LogP) is 1.11. The minimum atomic E-state index is -0.248. The van der Waals surface area contributed by atoms with Crippen LogP contribution in [0.5, 0.6) is 5.88 Å². The Morgan fingerprint density at radius 3 is 3.12 bits per heavy atom. The molecule has 1 amide bonds. The highest BCUT2D eigenvalue weighted by molar-refractivity contribution is 5.93. The summed E-state index contributed by atoms with van der Waals surface area (Å²) in [6.07, 6.45) is 4.26. The molecule has 2 aliphatic heterocycles. The molecule has 128 valence electrons. The molecule has 0 radical (unpaired) electrons. The fourth-order valence-corrected chi connectivity index (χ4v) is 3.43. The minimum absolute atomic E-state index is 0.0912.